The molecule has 0 saturated carbocycles. The quantitative estimate of drug-likeness (QED) is 0.556. The summed E-state index contributed by atoms with van der Waals surface area (Å²) in [6.07, 6.45) is 3.24. The average molecular weight is 229 g/mol. The zero-order valence-electron chi connectivity index (χ0n) is 9.65. The first-order valence-corrected chi connectivity index (χ1v) is 5.79. The van der Waals surface area contributed by atoms with Crippen molar-refractivity contribution in [2.24, 2.45) is 0 Å². The van der Waals surface area contributed by atoms with Gasteiger partial charge in [-0.3, -0.25) is 4.79 Å². The lowest BCUT2D eigenvalue weighted by atomic mass is 10.1. The van der Waals surface area contributed by atoms with Crippen LogP contribution in [0, 0.1) is 0 Å². The molecule has 1 heterocycles. The van der Waals surface area contributed by atoms with Crippen LogP contribution in [0.25, 0.3) is 0 Å². The van der Waals surface area contributed by atoms with Gasteiger partial charge in [-0.2, -0.15) is 0 Å². The Morgan fingerprint density at radius 2 is 2.25 bits per heavy atom. The summed E-state index contributed by atoms with van der Waals surface area (Å²) in [6, 6.07) is 0.0871. The highest BCUT2D eigenvalue weighted by Crippen LogP contribution is 2.21. The van der Waals surface area contributed by atoms with Gasteiger partial charge in [0.25, 0.3) is 0 Å². The van der Waals surface area contributed by atoms with Crippen LogP contribution in [0.4, 0.5) is 0 Å². The summed E-state index contributed by atoms with van der Waals surface area (Å²) in [7, 11) is 0. The molecule has 0 aromatic rings. The molecule has 1 saturated heterocycles. The van der Waals surface area contributed by atoms with Crippen LogP contribution in [0.15, 0.2) is 0 Å². The van der Waals surface area contributed by atoms with Crippen molar-refractivity contribution in [2.45, 2.75) is 38.6 Å². The molecule has 0 aliphatic carbocycles. The molecule has 0 aromatic heterocycles. The van der Waals surface area contributed by atoms with Crippen molar-refractivity contribution >= 4 is 11.9 Å². The first-order chi connectivity index (χ1) is 7.70. The number of esters is 1. The number of aliphatic hydroxyl groups is 1. The maximum Gasteiger partial charge on any atom is 0.397 e. The lowest BCUT2D eigenvalue weighted by Crippen LogP contribution is -2.40. The van der Waals surface area contributed by atoms with Crippen LogP contribution in [-0.2, 0) is 14.3 Å². The second-order valence-electron chi connectivity index (χ2n) is 3.88. The number of rotatable bonds is 4. The fraction of sp³-hybridized carbons (Fsp3) is 0.818. The largest absolute Gasteiger partial charge is 0.459 e. The van der Waals surface area contributed by atoms with Crippen molar-refractivity contribution in [1.82, 2.24) is 4.90 Å². The molecule has 1 aliphatic rings. The summed E-state index contributed by atoms with van der Waals surface area (Å²) in [5.41, 5.74) is 0. The smallest absolute Gasteiger partial charge is 0.397 e. The van der Waals surface area contributed by atoms with Crippen molar-refractivity contribution in [2.75, 3.05) is 19.8 Å². The molecular formula is C11H19NO4. The topological polar surface area (TPSA) is 66.8 Å². The lowest BCUT2D eigenvalue weighted by Gasteiger charge is -2.23. The number of likely N-dealkylation sites (tertiary alicyclic amines) is 1. The van der Waals surface area contributed by atoms with Crippen molar-refractivity contribution < 1.29 is 19.4 Å². The van der Waals surface area contributed by atoms with Gasteiger partial charge < -0.3 is 14.7 Å². The number of hydrogen-bond donors (Lipinski definition) is 1. The molecular weight excluding hydrogens is 210 g/mol. The third-order valence-electron chi connectivity index (χ3n) is 2.78. The number of hydrogen-bond acceptors (Lipinski definition) is 4. The minimum absolute atomic E-state index is 0.0871. The standard InChI is InChI=1S/C11H19NO4/c1-2-16-11(15)10(14)12-7-3-5-9(12)6-4-8-13/h9,13H,2-8H2,1H3. The summed E-state index contributed by atoms with van der Waals surface area (Å²) >= 11 is 0. The van der Waals surface area contributed by atoms with E-state index in [0.717, 1.165) is 19.3 Å². The van der Waals surface area contributed by atoms with Gasteiger partial charge in [0.1, 0.15) is 0 Å². The van der Waals surface area contributed by atoms with Gasteiger partial charge in [-0.25, -0.2) is 4.79 Å². The molecule has 1 unspecified atom stereocenters. The Morgan fingerprint density at radius 1 is 1.50 bits per heavy atom. The van der Waals surface area contributed by atoms with E-state index in [9.17, 15) is 9.59 Å². The zero-order chi connectivity index (χ0) is 12.0. The number of ether oxygens (including phenoxy) is 1. The second kappa shape index (κ2) is 6.48. The minimum atomic E-state index is -0.765. The molecule has 1 rings (SSSR count). The van der Waals surface area contributed by atoms with E-state index >= 15 is 0 Å². The fourth-order valence-electron chi connectivity index (χ4n) is 2.04. The third-order valence-corrected chi connectivity index (χ3v) is 2.78. The van der Waals surface area contributed by atoms with Crippen LogP contribution in [0.3, 0.4) is 0 Å². The van der Waals surface area contributed by atoms with Crippen LogP contribution < -0.4 is 0 Å². The predicted molar refractivity (Wildman–Crippen MR) is 57.7 cm³/mol. The van der Waals surface area contributed by atoms with Gasteiger partial charge in [-0.05, 0) is 32.6 Å². The van der Waals surface area contributed by atoms with E-state index in [1.165, 1.54) is 0 Å². The van der Waals surface area contributed by atoms with Crippen LogP contribution >= 0.6 is 0 Å². The molecule has 1 amide bonds. The van der Waals surface area contributed by atoms with Gasteiger partial charge in [0.15, 0.2) is 0 Å². The molecule has 1 aliphatic heterocycles. The molecule has 5 heteroatoms. The Balaban J connectivity index is 2.50. The van der Waals surface area contributed by atoms with Gasteiger partial charge in [0, 0.05) is 19.2 Å². The minimum Gasteiger partial charge on any atom is -0.459 e. The van der Waals surface area contributed by atoms with Crippen molar-refractivity contribution in [1.29, 1.82) is 0 Å². The SMILES string of the molecule is CCOC(=O)C(=O)N1CCCC1CCCO. The maximum atomic E-state index is 11.7. The molecule has 1 fully saturated rings. The average Bonchev–Trinajstić information content (AvgIpc) is 2.73. The first-order valence-electron chi connectivity index (χ1n) is 5.79. The fourth-order valence-corrected chi connectivity index (χ4v) is 2.04. The summed E-state index contributed by atoms with van der Waals surface area (Å²) in [5, 5.41) is 8.75. The number of aliphatic hydroxyl groups excluding tert-OH is 1. The van der Waals surface area contributed by atoms with Crippen LogP contribution in [0.2, 0.25) is 0 Å². The van der Waals surface area contributed by atoms with E-state index in [2.05, 4.69) is 4.74 Å². The molecule has 0 radical (unpaired) electrons. The van der Waals surface area contributed by atoms with E-state index in [4.69, 9.17) is 5.11 Å². The van der Waals surface area contributed by atoms with Crippen LogP contribution in [-0.4, -0.2) is 47.7 Å². The van der Waals surface area contributed by atoms with Gasteiger partial charge in [0.05, 0.1) is 6.61 Å². The normalized spacial score (nSPS) is 19.9. The highest BCUT2D eigenvalue weighted by molar-refractivity contribution is 6.32. The summed E-state index contributed by atoms with van der Waals surface area (Å²) in [6.45, 7) is 2.64. The molecule has 1 atom stereocenters. The van der Waals surface area contributed by atoms with E-state index in [1.807, 2.05) is 0 Å². The van der Waals surface area contributed by atoms with Gasteiger partial charge in [0.2, 0.25) is 0 Å². The molecule has 92 valence electrons. The molecule has 5 nitrogen and oxygen atoms in total. The Labute approximate surface area is 95.4 Å². The van der Waals surface area contributed by atoms with E-state index < -0.39 is 11.9 Å². The predicted octanol–water partition coefficient (Wildman–Crippen LogP) is 0.313. The Bertz CT molecular complexity index is 254. The maximum absolute atomic E-state index is 11.7. The highest BCUT2D eigenvalue weighted by atomic mass is 16.5. The van der Waals surface area contributed by atoms with E-state index in [-0.39, 0.29) is 19.3 Å². The van der Waals surface area contributed by atoms with Gasteiger partial charge in [-0.1, -0.05) is 0 Å². The van der Waals surface area contributed by atoms with Crippen LogP contribution in [0.5, 0.6) is 0 Å². The molecule has 16 heavy (non-hydrogen) atoms. The number of amides is 1. The lowest BCUT2D eigenvalue weighted by molar-refractivity contribution is -0.160. The molecule has 0 spiro atoms. The van der Waals surface area contributed by atoms with E-state index in [0.29, 0.717) is 13.0 Å². The second-order valence-corrected chi connectivity index (χ2v) is 3.88. The zero-order valence-corrected chi connectivity index (χ0v) is 9.65. The van der Waals surface area contributed by atoms with Crippen LogP contribution in [0.1, 0.15) is 32.6 Å². The van der Waals surface area contributed by atoms with Crippen molar-refractivity contribution in [3.8, 4) is 0 Å². The Kier molecular flexibility index (Phi) is 5.25. The third kappa shape index (κ3) is 3.20. The summed E-state index contributed by atoms with van der Waals surface area (Å²) in [5.74, 6) is -1.30. The van der Waals surface area contributed by atoms with Crippen molar-refractivity contribution in [3.05, 3.63) is 0 Å². The Morgan fingerprint density at radius 3 is 2.88 bits per heavy atom. The monoisotopic (exact) mass is 229 g/mol. The Hall–Kier alpha value is -1.10. The first kappa shape index (κ1) is 13.0. The van der Waals surface area contributed by atoms with E-state index in [1.54, 1.807) is 11.8 Å². The molecule has 0 bridgehead atoms. The number of nitrogens with zero attached hydrogens (tertiary/aromatic N) is 1. The number of carbonyl (C=O) groups excluding carboxylic acids is 2. The number of carbonyl (C=O) groups is 2. The van der Waals surface area contributed by atoms with Gasteiger partial charge in [-0.15, -0.1) is 0 Å². The van der Waals surface area contributed by atoms with Crippen molar-refractivity contribution in [3.63, 3.8) is 0 Å². The molecule has 1 N–H and O–H groups in total. The summed E-state index contributed by atoms with van der Waals surface area (Å²) < 4.78 is 4.69. The molecule has 0 aromatic carbocycles. The van der Waals surface area contributed by atoms with Gasteiger partial charge >= 0.3 is 11.9 Å². The summed E-state index contributed by atoms with van der Waals surface area (Å²) in [4.78, 5) is 24.6. The highest BCUT2D eigenvalue weighted by Gasteiger charge is 2.32.